The molecule has 0 aromatic heterocycles. The molecule has 0 N–H and O–H groups in total. The van der Waals surface area contributed by atoms with Crippen molar-refractivity contribution in [2.45, 2.75) is 0 Å². The summed E-state index contributed by atoms with van der Waals surface area (Å²) in [6.07, 6.45) is 0. The van der Waals surface area contributed by atoms with E-state index in [1.807, 2.05) is 48.5 Å². The largest absolute Gasteiger partial charge is 0.296 e. The first-order valence-electron chi connectivity index (χ1n) is 6.11. The van der Waals surface area contributed by atoms with Crippen molar-refractivity contribution in [2.75, 3.05) is 0 Å². The van der Waals surface area contributed by atoms with Gasteiger partial charge in [-0.3, -0.25) is 4.57 Å². The van der Waals surface area contributed by atoms with Crippen LogP contribution in [0.1, 0.15) is 0 Å². The van der Waals surface area contributed by atoms with Crippen LogP contribution in [0.25, 0.3) is 21.9 Å². The number of fused-ring (bicyclic) bond motifs is 5. The molecule has 0 bridgehead atoms. The van der Waals surface area contributed by atoms with Crippen molar-refractivity contribution in [3.63, 3.8) is 0 Å². The van der Waals surface area contributed by atoms with Gasteiger partial charge >= 0.3 is 0 Å². The standard InChI is InChI=1S/C16H10ClOP/c17-19(18)14-8-4-3-7-13(14)16-12-6-2-1-5-11(12)9-10-15(16)19/h1-10H. The normalized spacial score (nSPS) is 20.3. The molecule has 1 aliphatic rings. The second kappa shape index (κ2) is 3.72. The average molecular weight is 285 g/mol. The quantitative estimate of drug-likeness (QED) is 0.563. The Labute approximate surface area is 116 Å². The summed E-state index contributed by atoms with van der Waals surface area (Å²) in [4.78, 5) is 0. The number of hydrogen-bond donors (Lipinski definition) is 0. The zero-order chi connectivity index (χ0) is 13.0. The highest BCUT2D eigenvalue weighted by molar-refractivity contribution is 8.01. The molecule has 0 radical (unpaired) electrons. The molecule has 3 aromatic rings. The summed E-state index contributed by atoms with van der Waals surface area (Å²) in [5, 5.41) is 3.80. The van der Waals surface area contributed by atoms with Gasteiger partial charge in [-0.25, -0.2) is 0 Å². The maximum Gasteiger partial charge on any atom is 0.226 e. The highest BCUT2D eigenvalue weighted by atomic mass is 35.7. The van der Waals surface area contributed by atoms with Crippen molar-refractivity contribution >= 4 is 39.1 Å². The van der Waals surface area contributed by atoms with Gasteiger partial charge < -0.3 is 0 Å². The topological polar surface area (TPSA) is 17.1 Å². The van der Waals surface area contributed by atoms with Gasteiger partial charge in [-0.15, -0.1) is 0 Å². The molecule has 0 fully saturated rings. The maximum atomic E-state index is 12.9. The van der Waals surface area contributed by atoms with E-state index in [0.29, 0.717) is 0 Å². The summed E-state index contributed by atoms with van der Waals surface area (Å²) in [5.74, 6) is 0. The molecule has 0 spiro atoms. The minimum absolute atomic E-state index is 0.767. The lowest BCUT2D eigenvalue weighted by Crippen LogP contribution is -2.04. The molecular formula is C16H10ClOP. The number of hydrogen-bond acceptors (Lipinski definition) is 1. The molecule has 0 saturated heterocycles. The van der Waals surface area contributed by atoms with E-state index in [-0.39, 0.29) is 0 Å². The molecule has 4 rings (SSSR count). The fourth-order valence-electron chi connectivity index (χ4n) is 2.85. The van der Waals surface area contributed by atoms with Gasteiger partial charge in [0.1, 0.15) is 0 Å². The van der Waals surface area contributed by atoms with Crippen LogP contribution in [-0.4, -0.2) is 0 Å². The SMILES string of the molecule is O=P1(Cl)c2ccccc2-c2c1ccc1ccccc21. The fraction of sp³-hybridized carbons (Fsp3) is 0. The molecule has 0 amide bonds. The third kappa shape index (κ3) is 1.40. The lowest BCUT2D eigenvalue weighted by molar-refractivity contribution is 0.595. The average Bonchev–Trinajstić information content (AvgIpc) is 2.68. The molecular weight excluding hydrogens is 275 g/mol. The van der Waals surface area contributed by atoms with E-state index in [4.69, 9.17) is 11.2 Å². The molecule has 19 heavy (non-hydrogen) atoms. The van der Waals surface area contributed by atoms with Gasteiger partial charge in [0.2, 0.25) is 6.49 Å². The van der Waals surface area contributed by atoms with Gasteiger partial charge in [-0.05, 0) is 39.7 Å². The first kappa shape index (κ1) is 11.3. The van der Waals surface area contributed by atoms with Gasteiger partial charge in [0.25, 0.3) is 0 Å². The second-order valence-electron chi connectivity index (χ2n) is 4.73. The Balaban J connectivity index is 2.26. The predicted octanol–water partition coefficient (Wildman–Crippen LogP) is 4.29. The summed E-state index contributed by atoms with van der Waals surface area (Å²) < 4.78 is 12.9. The Hall–Kier alpha value is -1.56. The third-order valence-electron chi connectivity index (χ3n) is 3.70. The van der Waals surface area contributed by atoms with Crippen LogP contribution in [0.2, 0.25) is 0 Å². The molecule has 3 aromatic carbocycles. The second-order valence-corrected chi connectivity index (χ2v) is 8.19. The van der Waals surface area contributed by atoms with E-state index in [9.17, 15) is 4.57 Å². The van der Waals surface area contributed by atoms with Crippen molar-refractivity contribution in [1.82, 2.24) is 0 Å². The van der Waals surface area contributed by atoms with Crippen LogP contribution < -0.4 is 10.6 Å². The summed E-state index contributed by atoms with van der Waals surface area (Å²) >= 11 is 6.38. The zero-order valence-electron chi connectivity index (χ0n) is 10.0. The molecule has 1 heterocycles. The van der Waals surface area contributed by atoms with Crippen LogP contribution in [-0.2, 0) is 4.57 Å². The Morgan fingerprint density at radius 3 is 2.42 bits per heavy atom. The summed E-state index contributed by atoms with van der Waals surface area (Å²) in [6.45, 7) is -2.96. The van der Waals surface area contributed by atoms with E-state index in [1.54, 1.807) is 0 Å². The summed E-state index contributed by atoms with van der Waals surface area (Å²) in [6, 6.07) is 19.8. The highest BCUT2D eigenvalue weighted by Crippen LogP contribution is 2.58. The minimum Gasteiger partial charge on any atom is -0.296 e. The Bertz CT molecular complexity index is 870. The number of benzene rings is 3. The fourth-order valence-corrected chi connectivity index (χ4v) is 5.54. The molecule has 0 saturated carbocycles. The Kier molecular flexibility index (Phi) is 2.21. The van der Waals surface area contributed by atoms with Crippen LogP contribution in [0, 0.1) is 0 Å². The van der Waals surface area contributed by atoms with Gasteiger partial charge in [0, 0.05) is 16.2 Å². The van der Waals surface area contributed by atoms with E-state index >= 15 is 0 Å². The van der Waals surface area contributed by atoms with Crippen LogP contribution in [0.4, 0.5) is 0 Å². The van der Waals surface area contributed by atoms with Crippen LogP contribution in [0.3, 0.4) is 0 Å². The summed E-state index contributed by atoms with van der Waals surface area (Å²) in [5.41, 5.74) is 2.04. The molecule has 1 atom stereocenters. The van der Waals surface area contributed by atoms with Crippen molar-refractivity contribution in [3.8, 4) is 11.1 Å². The first-order valence-corrected chi connectivity index (χ1v) is 8.73. The van der Waals surface area contributed by atoms with E-state index in [2.05, 4.69) is 12.1 Å². The lowest BCUT2D eigenvalue weighted by Gasteiger charge is -2.07. The molecule has 1 aliphatic heterocycles. The first-order chi connectivity index (χ1) is 9.19. The maximum absolute atomic E-state index is 12.9. The summed E-state index contributed by atoms with van der Waals surface area (Å²) in [7, 11) is 0. The molecule has 3 heteroatoms. The van der Waals surface area contributed by atoms with E-state index in [0.717, 1.165) is 32.5 Å². The van der Waals surface area contributed by atoms with Gasteiger partial charge in [0.15, 0.2) is 0 Å². The van der Waals surface area contributed by atoms with Gasteiger partial charge in [-0.2, -0.15) is 0 Å². The van der Waals surface area contributed by atoms with Crippen LogP contribution in [0.15, 0.2) is 60.7 Å². The minimum atomic E-state index is -2.96. The molecule has 0 aliphatic carbocycles. The Morgan fingerprint density at radius 1 is 0.789 bits per heavy atom. The van der Waals surface area contributed by atoms with E-state index < -0.39 is 6.49 Å². The highest BCUT2D eigenvalue weighted by Gasteiger charge is 2.37. The number of halogens is 1. The molecule has 1 unspecified atom stereocenters. The van der Waals surface area contributed by atoms with E-state index in [1.165, 1.54) is 0 Å². The Morgan fingerprint density at radius 2 is 1.53 bits per heavy atom. The van der Waals surface area contributed by atoms with Crippen LogP contribution in [0.5, 0.6) is 0 Å². The predicted molar refractivity (Wildman–Crippen MR) is 82.1 cm³/mol. The van der Waals surface area contributed by atoms with Gasteiger partial charge in [0.05, 0.1) is 0 Å². The molecule has 1 nitrogen and oxygen atoms in total. The zero-order valence-corrected chi connectivity index (χ0v) is 11.7. The number of rotatable bonds is 0. The van der Waals surface area contributed by atoms with Crippen LogP contribution >= 0.6 is 17.7 Å². The van der Waals surface area contributed by atoms with Crippen molar-refractivity contribution in [3.05, 3.63) is 60.7 Å². The van der Waals surface area contributed by atoms with Gasteiger partial charge in [-0.1, -0.05) is 48.5 Å². The molecule has 92 valence electrons. The van der Waals surface area contributed by atoms with Crippen molar-refractivity contribution in [2.24, 2.45) is 0 Å². The smallest absolute Gasteiger partial charge is 0.226 e. The third-order valence-corrected chi connectivity index (χ3v) is 6.79. The van der Waals surface area contributed by atoms with Crippen molar-refractivity contribution in [1.29, 1.82) is 0 Å². The lowest BCUT2D eigenvalue weighted by atomic mass is 9.98. The monoisotopic (exact) mass is 284 g/mol. The van der Waals surface area contributed by atoms with Crippen molar-refractivity contribution < 1.29 is 4.57 Å².